The molecule has 2 heterocycles. The molecule has 5 nitrogen and oxygen atoms in total. The minimum absolute atomic E-state index is 0.299. The molecule has 5 heteroatoms. The van der Waals surface area contributed by atoms with E-state index >= 15 is 0 Å². The zero-order valence-corrected chi connectivity index (χ0v) is 9.96. The van der Waals surface area contributed by atoms with Gasteiger partial charge in [0.1, 0.15) is 5.82 Å². The van der Waals surface area contributed by atoms with Crippen molar-refractivity contribution in [3.05, 3.63) is 23.9 Å². The van der Waals surface area contributed by atoms with Gasteiger partial charge >= 0.3 is 5.97 Å². The van der Waals surface area contributed by atoms with Crippen molar-refractivity contribution < 1.29 is 9.90 Å². The summed E-state index contributed by atoms with van der Waals surface area (Å²) >= 11 is 0. The minimum Gasteiger partial charge on any atom is -0.478 e. The highest BCUT2D eigenvalue weighted by Gasteiger charge is 2.17. The molecule has 1 fully saturated rings. The molecule has 0 spiro atoms. The lowest BCUT2D eigenvalue weighted by molar-refractivity contribution is 0.0697. The summed E-state index contributed by atoms with van der Waals surface area (Å²) in [5, 5.41) is 8.93. The molecule has 2 rings (SSSR count). The Morgan fingerprint density at radius 3 is 2.71 bits per heavy atom. The van der Waals surface area contributed by atoms with Gasteiger partial charge in [-0.15, -0.1) is 0 Å². The third-order valence-electron chi connectivity index (χ3n) is 3.14. The molecule has 1 aliphatic heterocycles. The topological polar surface area (TPSA) is 56.7 Å². The molecule has 1 saturated heterocycles. The second-order valence-electron chi connectivity index (χ2n) is 4.13. The number of anilines is 1. The molecule has 0 unspecified atom stereocenters. The zero-order chi connectivity index (χ0) is 12.3. The van der Waals surface area contributed by atoms with Gasteiger partial charge in [-0.05, 0) is 18.7 Å². The molecule has 1 aromatic rings. The summed E-state index contributed by atoms with van der Waals surface area (Å²) in [6.07, 6.45) is 1.56. The van der Waals surface area contributed by atoms with E-state index < -0.39 is 5.97 Å². The van der Waals surface area contributed by atoms with Crippen molar-refractivity contribution in [1.82, 2.24) is 9.88 Å². The van der Waals surface area contributed by atoms with Crippen molar-refractivity contribution in [3.63, 3.8) is 0 Å². The van der Waals surface area contributed by atoms with Crippen LogP contribution in [0.1, 0.15) is 17.3 Å². The van der Waals surface area contributed by atoms with Gasteiger partial charge in [-0.3, -0.25) is 0 Å². The maximum Gasteiger partial charge on any atom is 0.335 e. The predicted octanol–water partition coefficient (Wildman–Crippen LogP) is 0.922. The van der Waals surface area contributed by atoms with Crippen LogP contribution in [0.3, 0.4) is 0 Å². The Morgan fingerprint density at radius 1 is 1.41 bits per heavy atom. The minimum atomic E-state index is -0.902. The number of piperazine rings is 1. The normalized spacial score (nSPS) is 17.1. The highest BCUT2D eigenvalue weighted by molar-refractivity contribution is 5.88. The lowest BCUT2D eigenvalue weighted by Gasteiger charge is -2.34. The van der Waals surface area contributed by atoms with E-state index in [1.54, 1.807) is 12.3 Å². The summed E-state index contributed by atoms with van der Waals surface area (Å²) in [5.41, 5.74) is 0.299. The van der Waals surface area contributed by atoms with E-state index in [0.29, 0.717) is 5.56 Å². The number of aromatic nitrogens is 1. The van der Waals surface area contributed by atoms with Crippen molar-refractivity contribution in [1.29, 1.82) is 0 Å². The van der Waals surface area contributed by atoms with E-state index in [1.807, 2.05) is 0 Å². The van der Waals surface area contributed by atoms with Gasteiger partial charge in [-0.1, -0.05) is 6.92 Å². The molecule has 1 aliphatic rings. The molecule has 0 saturated carbocycles. The average molecular weight is 235 g/mol. The van der Waals surface area contributed by atoms with Crippen LogP contribution in [-0.2, 0) is 0 Å². The van der Waals surface area contributed by atoms with Crippen LogP contribution in [-0.4, -0.2) is 53.7 Å². The first-order valence-electron chi connectivity index (χ1n) is 5.87. The largest absolute Gasteiger partial charge is 0.478 e. The molecular formula is C12H17N3O2. The quantitative estimate of drug-likeness (QED) is 0.844. The van der Waals surface area contributed by atoms with E-state index in [0.717, 1.165) is 38.5 Å². The fraction of sp³-hybridized carbons (Fsp3) is 0.500. The number of hydrogen-bond acceptors (Lipinski definition) is 4. The first-order valence-corrected chi connectivity index (χ1v) is 5.87. The number of pyridine rings is 1. The molecule has 0 aliphatic carbocycles. The summed E-state index contributed by atoms with van der Waals surface area (Å²) < 4.78 is 0. The molecular weight excluding hydrogens is 218 g/mol. The van der Waals surface area contributed by atoms with Crippen LogP contribution in [0, 0.1) is 0 Å². The van der Waals surface area contributed by atoms with Crippen molar-refractivity contribution in [2.24, 2.45) is 0 Å². The fourth-order valence-corrected chi connectivity index (χ4v) is 2.02. The van der Waals surface area contributed by atoms with E-state index in [9.17, 15) is 4.79 Å². The van der Waals surface area contributed by atoms with Gasteiger partial charge in [0.05, 0.1) is 5.56 Å². The molecule has 0 amide bonds. The SMILES string of the molecule is CCN1CCN(c2cc(C(=O)O)ccn2)CC1. The Morgan fingerprint density at radius 2 is 2.12 bits per heavy atom. The zero-order valence-electron chi connectivity index (χ0n) is 9.96. The molecule has 0 aromatic carbocycles. The number of carbonyl (C=O) groups is 1. The van der Waals surface area contributed by atoms with Gasteiger partial charge in [0.2, 0.25) is 0 Å². The predicted molar refractivity (Wildman–Crippen MR) is 65.5 cm³/mol. The summed E-state index contributed by atoms with van der Waals surface area (Å²) in [7, 11) is 0. The summed E-state index contributed by atoms with van der Waals surface area (Å²) in [6.45, 7) is 7.05. The van der Waals surface area contributed by atoms with Crippen LogP contribution in [0.5, 0.6) is 0 Å². The molecule has 92 valence electrons. The monoisotopic (exact) mass is 235 g/mol. The number of carboxylic acids is 1. The maximum absolute atomic E-state index is 10.9. The van der Waals surface area contributed by atoms with Crippen LogP contribution >= 0.6 is 0 Å². The van der Waals surface area contributed by atoms with Gasteiger partial charge < -0.3 is 14.9 Å². The van der Waals surface area contributed by atoms with E-state index in [4.69, 9.17) is 5.11 Å². The van der Waals surface area contributed by atoms with Crippen molar-refractivity contribution >= 4 is 11.8 Å². The summed E-state index contributed by atoms with van der Waals surface area (Å²) in [5.74, 6) is -0.138. The van der Waals surface area contributed by atoms with Gasteiger partial charge in [-0.2, -0.15) is 0 Å². The van der Waals surface area contributed by atoms with E-state index in [-0.39, 0.29) is 0 Å². The van der Waals surface area contributed by atoms with Crippen LogP contribution in [0.25, 0.3) is 0 Å². The third-order valence-corrected chi connectivity index (χ3v) is 3.14. The number of aromatic carboxylic acids is 1. The van der Waals surface area contributed by atoms with Crippen LogP contribution in [0.15, 0.2) is 18.3 Å². The van der Waals surface area contributed by atoms with Gasteiger partial charge in [0.15, 0.2) is 0 Å². The van der Waals surface area contributed by atoms with Gasteiger partial charge in [0, 0.05) is 32.4 Å². The number of rotatable bonds is 3. The lowest BCUT2D eigenvalue weighted by Crippen LogP contribution is -2.46. The van der Waals surface area contributed by atoms with Crippen LogP contribution in [0.2, 0.25) is 0 Å². The summed E-state index contributed by atoms with van der Waals surface area (Å²) in [4.78, 5) is 19.6. The van der Waals surface area contributed by atoms with Crippen molar-refractivity contribution in [3.8, 4) is 0 Å². The highest BCUT2D eigenvalue weighted by atomic mass is 16.4. The Kier molecular flexibility index (Phi) is 3.58. The summed E-state index contributed by atoms with van der Waals surface area (Å²) in [6, 6.07) is 3.16. The Balaban J connectivity index is 2.08. The lowest BCUT2D eigenvalue weighted by atomic mass is 10.2. The molecule has 17 heavy (non-hydrogen) atoms. The second-order valence-corrected chi connectivity index (χ2v) is 4.13. The Bertz CT molecular complexity index is 400. The Hall–Kier alpha value is -1.62. The van der Waals surface area contributed by atoms with Gasteiger partial charge in [0.25, 0.3) is 0 Å². The van der Waals surface area contributed by atoms with Crippen LogP contribution in [0.4, 0.5) is 5.82 Å². The second kappa shape index (κ2) is 5.14. The molecule has 0 bridgehead atoms. The molecule has 0 atom stereocenters. The first kappa shape index (κ1) is 11.9. The number of hydrogen-bond donors (Lipinski definition) is 1. The number of nitrogens with zero attached hydrogens (tertiary/aromatic N) is 3. The average Bonchev–Trinajstić information content (AvgIpc) is 2.39. The number of likely N-dealkylation sites (N-methyl/N-ethyl adjacent to an activating group) is 1. The first-order chi connectivity index (χ1) is 8.20. The van der Waals surface area contributed by atoms with E-state index in [1.165, 1.54) is 6.07 Å². The number of carboxylic acid groups (broad SMARTS) is 1. The smallest absolute Gasteiger partial charge is 0.335 e. The molecule has 1 aromatic heterocycles. The maximum atomic E-state index is 10.9. The molecule has 0 radical (unpaired) electrons. The van der Waals surface area contributed by atoms with Crippen LogP contribution < -0.4 is 4.90 Å². The standard InChI is InChI=1S/C12H17N3O2/c1-2-14-5-7-15(8-6-14)11-9-10(12(16)17)3-4-13-11/h3-4,9H,2,5-8H2,1H3,(H,16,17). The van der Waals surface area contributed by atoms with Gasteiger partial charge in [-0.25, -0.2) is 9.78 Å². The fourth-order valence-electron chi connectivity index (χ4n) is 2.02. The Labute approximate surface area is 101 Å². The van der Waals surface area contributed by atoms with E-state index in [2.05, 4.69) is 21.7 Å². The third kappa shape index (κ3) is 2.74. The van der Waals surface area contributed by atoms with Crippen molar-refractivity contribution in [2.45, 2.75) is 6.92 Å². The highest BCUT2D eigenvalue weighted by Crippen LogP contribution is 2.15. The van der Waals surface area contributed by atoms with Crippen molar-refractivity contribution in [2.75, 3.05) is 37.6 Å². The molecule has 1 N–H and O–H groups in total.